The van der Waals surface area contributed by atoms with Crippen molar-refractivity contribution in [2.24, 2.45) is 5.73 Å². The number of rotatable bonds is 6. The molecule has 0 aliphatic rings. The molecule has 2 N–H and O–H groups in total. The van der Waals surface area contributed by atoms with E-state index in [1.807, 2.05) is 30.3 Å². The molecule has 0 aromatic heterocycles. The average Bonchev–Trinajstić information content (AvgIpc) is 2.53. The first kappa shape index (κ1) is 14.8. The third kappa shape index (κ3) is 3.70. The molecule has 0 bridgehead atoms. The molecule has 0 fully saturated rings. The second-order valence-corrected chi connectivity index (χ2v) is 4.42. The molecule has 0 saturated heterocycles. The van der Waals surface area contributed by atoms with Gasteiger partial charge in [-0.2, -0.15) is 0 Å². The second-order valence-electron chi connectivity index (χ2n) is 4.42. The summed E-state index contributed by atoms with van der Waals surface area (Å²) in [6.07, 6.45) is 0. The summed E-state index contributed by atoms with van der Waals surface area (Å²) in [4.78, 5) is 10.5. The summed E-state index contributed by atoms with van der Waals surface area (Å²) < 4.78 is 10.5. The van der Waals surface area contributed by atoms with Crippen LogP contribution in [0.3, 0.4) is 0 Å². The van der Waals surface area contributed by atoms with Gasteiger partial charge in [0.05, 0.1) is 24.1 Å². The monoisotopic (exact) mass is 288 g/mol. The molecule has 110 valence electrons. The zero-order valence-electron chi connectivity index (χ0n) is 11.6. The van der Waals surface area contributed by atoms with Gasteiger partial charge in [0, 0.05) is 0 Å². The Morgan fingerprint density at radius 2 is 1.95 bits per heavy atom. The molecule has 6 heteroatoms. The predicted octanol–water partition coefficient (Wildman–Crippen LogP) is 2.68. The summed E-state index contributed by atoms with van der Waals surface area (Å²) >= 11 is 0. The fourth-order valence-electron chi connectivity index (χ4n) is 1.86. The van der Waals surface area contributed by atoms with Crippen LogP contribution in [0.5, 0.6) is 11.5 Å². The van der Waals surface area contributed by atoms with Gasteiger partial charge < -0.3 is 15.2 Å². The zero-order chi connectivity index (χ0) is 15.2. The van der Waals surface area contributed by atoms with Crippen molar-refractivity contribution in [1.29, 1.82) is 0 Å². The van der Waals surface area contributed by atoms with Crippen molar-refractivity contribution >= 4 is 5.69 Å². The number of hydrogen-bond donors (Lipinski definition) is 1. The Balaban J connectivity index is 2.11. The van der Waals surface area contributed by atoms with Gasteiger partial charge in [-0.05, 0) is 17.7 Å². The molecule has 1 unspecified atom stereocenters. The largest absolute Gasteiger partial charge is 0.496 e. The molecule has 2 aromatic carbocycles. The SMILES string of the molecule is COc1ccc(OCC(N)c2ccccc2)c([N+](=O)[O-])c1. The molecule has 0 saturated carbocycles. The van der Waals surface area contributed by atoms with E-state index in [2.05, 4.69) is 0 Å². The van der Waals surface area contributed by atoms with Crippen LogP contribution < -0.4 is 15.2 Å². The highest BCUT2D eigenvalue weighted by Gasteiger charge is 2.17. The van der Waals surface area contributed by atoms with Crippen molar-refractivity contribution in [3.05, 3.63) is 64.2 Å². The second kappa shape index (κ2) is 6.71. The minimum absolute atomic E-state index is 0.144. The molecule has 0 aliphatic heterocycles. The first-order valence-corrected chi connectivity index (χ1v) is 6.37. The minimum Gasteiger partial charge on any atom is -0.496 e. The van der Waals surface area contributed by atoms with E-state index in [4.69, 9.17) is 15.2 Å². The van der Waals surface area contributed by atoms with Crippen LogP contribution >= 0.6 is 0 Å². The molecular weight excluding hydrogens is 272 g/mol. The van der Waals surface area contributed by atoms with Crippen molar-refractivity contribution in [1.82, 2.24) is 0 Å². The molecule has 2 rings (SSSR count). The summed E-state index contributed by atoms with van der Waals surface area (Å²) in [5, 5.41) is 11.0. The Hall–Kier alpha value is -2.60. The van der Waals surface area contributed by atoms with Crippen molar-refractivity contribution in [3.63, 3.8) is 0 Å². The summed E-state index contributed by atoms with van der Waals surface area (Å²) in [6.45, 7) is 0.150. The van der Waals surface area contributed by atoms with Crippen LogP contribution in [0.1, 0.15) is 11.6 Å². The molecule has 0 amide bonds. The Labute approximate surface area is 122 Å². The van der Waals surface area contributed by atoms with Gasteiger partial charge in [0.25, 0.3) is 0 Å². The van der Waals surface area contributed by atoms with Crippen molar-refractivity contribution in [2.45, 2.75) is 6.04 Å². The van der Waals surface area contributed by atoms with Crippen molar-refractivity contribution < 1.29 is 14.4 Å². The van der Waals surface area contributed by atoms with E-state index >= 15 is 0 Å². The molecule has 6 nitrogen and oxygen atoms in total. The lowest BCUT2D eigenvalue weighted by atomic mass is 10.1. The maximum Gasteiger partial charge on any atom is 0.314 e. The number of benzene rings is 2. The van der Waals surface area contributed by atoms with Gasteiger partial charge in [-0.3, -0.25) is 10.1 Å². The quantitative estimate of drug-likeness (QED) is 0.652. The van der Waals surface area contributed by atoms with Crippen LogP contribution in [-0.2, 0) is 0 Å². The molecular formula is C15H16N2O4. The number of nitrogens with zero attached hydrogens (tertiary/aromatic N) is 1. The fraction of sp³-hybridized carbons (Fsp3) is 0.200. The van der Waals surface area contributed by atoms with E-state index in [0.29, 0.717) is 5.75 Å². The summed E-state index contributed by atoms with van der Waals surface area (Å²) in [5.74, 6) is 0.577. The van der Waals surface area contributed by atoms with Gasteiger partial charge in [-0.25, -0.2) is 0 Å². The zero-order valence-corrected chi connectivity index (χ0v) is 11.6. The number of nitro groups is 1. The summed E-state index contributed by atoms with van der Waals surface area (Å²) in [7, 11) is 1.45. The topological polar surface area (TPSA) is 87.6 Å². The lowest BCUT2D eigenvalue weighted by molar-refractivity contribution is -0.386. The van der Waals surface area contributed by atoms with Gasteiger partial charge in [0.2, 0.25) is 0 Å². The Kier molecular flexibility index (Phi) is 4.73. The molecule has 0 radical (unpaired) electrons. The highest BCUT2D eigenvalue weighted by Crippen LogP contribution is 2.31. The van der Waals surface area contributed by atoms with Crippen LogP contribution in [-0.4, -0.2) is 18.6 Å². The molecule has 0 heterocycles. The van der Waals surface area contributed by atoms with Crippen molar-refractivity contribution in [2.75, 3.05) is 13.7 Å². The van der Waals surface area contributed by atoms with Crippen LogP contribution in [0.4, 0.5) is 5.69 Å². The van der Waals surface area contributed by atoms with E-state index < -0.39 is 4.92 Å². The van der Waals surface area contributed by atoms with E-state index in [9.17, 15) is 10.1 Å². The maximum atomic E-state index is 11.0. The number of ether oxygens (including phenoxy) is 2. The number of hydrogen-bond acceptors (Lipinski definition) is 5. The van der Waals surface area contributed by atoms with Gasteiger partial charge in [0.15, 0.2) is 5.75 Å². The smallest absolute Gasteiger partial charge is 0.314 e. The van der Waals surface area contributed by atoms with Gasteiger partial charge in [-0.15, -0.1) is 0 Å². The van der Waals surface area contributed by atoms with Gasteiger partial charge in [0.1, 0.15) is 12.4 Å². The first-order valence-electron chi connectivity index (χ1n) is 6.37. The van der Waals surface area contributed by atoms with Crippen molar-refractivity contribution in [3.8, 4) is 11.5 Å². The molecule has 0 spiro atoms. The predicted molar refractivity (Wildman–Crippen MR) is 78.5 cm³/mol. The molecule has 1 atom stereocenters. The third-order valence-electron chi connectivity index (χ3n) is 3.01. The van der Waals surface area contributed by atoms with Crippen LogP contribution in [0, 0.1) is 10.1 Å². The first-order chi connectivity index (χ1) is 10.1. The van der Waals surface area contributed by atoms with Gasteiger partial charge >= 0.3 is 5.69 Å². The highest BCUT2D eigenvalue weighted by atomic mass is 16.6. The average molecular weight is 288 g/mol. The minimum atomic E-state index is -0.508. The number of nitro benzene ring substituents is 1. The molecule has 21 heavy (non-hydrogen) atoms. The maximum absolute atomic E-state index is 11.0. The molecule has 2 aromatic rings. The number of nitrogens with two attached hydrogens (primary N) is 1. The normalized spacial score (nSPS) is 11.7. The Morgan fingerprint density at radius 3 is 2.57 bits per heavy atom. The summed E-state index contributed by atoms with van der Waals surface area (Å²) in [6, 6.07) is 13.5. The van der Waals surface area contributed by atoms with E-state index in [1.54, 1.807) is 6.07 Å². The van der Waals surface area contributed by atoms with Gasteiger partial charge in [-0.1, -0.05) is 30.3 Å². The third-order valence-corrected chi connectivity index (χ3v) is 3.01. The lowest BCUT2D eigenvalue weighted by Gasteiger charge is -2.14. The summed E-state index contributed by atoms with van der Waals surface area (Å²) in [5.41, 5.74) is 6.77. The Bertz CT molecular complexity index is 616. The highest BCUT2D eigenvalue weighted by molar-refractivity contribution is 5.50. The van der Waals surface area contributed by atoms with Crippen LogP contribution in [0.15, 0.2) is 48.5 Å². The van der Waals surface area contributed by atoms with Crippen LogP contribution in [0.25, 0.3) is 0 Å². The van der Waals surface area contributed by atoms with E-state index in [-0.39, 0.29) is 24.1 Å². The standard InChI is InChI=1S/C15H16N2O4/c1-20-12-7-8-15(14(9-12)17(18)19)21-10-13(16)11-5-3-2-4-6-11/h2-9,13H,10,16H2,1H3. The number of methoxy groups -OCH3 is 1. The van der Waals surface area contributed by atoms with Crippen LogP contribution in [0.2, 0.25) is 0 Å². The molecule has 0 aliphatic carbocycles. The Morgan fingerprint density at radius 1 is 1.24 bits per heavy atom. The van der Waals surface area contributed by atoms with E-state index in [1.165, 1.54) is 19.2 Å². The lowest BCUT2D eigenvalue weighted by Crippen LogP contribution is -2.19. The fourth-order valence-corrected chi connectivity index (χ4v) is 1.86. The van der Waals surface area contributed by atoms with E-state index in [0.717, 1.165) is 5.56 Å².